The molecule has 0 radical (unpaired) electrons. The number of hydroxylamine groups is 2. The summed E-state index contributed by atoms with van der Waals surface area (Å²) >= 11 is 0. The Kier molecular flexibility index (Phi) is 3.86. The van der Waals surface area contributed by atoms with Crippen molar-refractivity contribution in [1.82, 2.24) is 15.0 Å². The normalized spacial score (nSPS) is 18.7. The zero-order chi connectivity index (χ0) is 14.8. The molecule has 1 aliphatic rings. The van der Waals surface area contributed by atoms with Gasteiger partial charge in [-0.2, -0.15) is 10.3 Å². The van der Waals surface area contributed by atoms with E-state index in [1.165, 1.54) is 12.4 Å². The molecule has 1 fully saturated rings. The molecule has 1 saturated heterocycles. The van der Waals surface area contributed by atoms with E-state index in [2.05, 4.69) is 9.97 Å². The summed E-state index contributed by atoms with van der Waals surface area (Å²) < 4.78 is 5.28. The largest absolute Gasteiger partial charge is 0.442 e. The van der Waals surface area contributed by atoms with Crippen LogP contribution in [-0.2, 0) is 9.57 Å². The third kappa shape index (κ3) is 3.22. The van der Waals surface area contributed by atoms with Gasteiger partial charge in [0.05, 0.1) is 24.7 Å². The van der Waals surface area contributed by atoms with Gasteiger partial charge in [0.15, 0.2) is 5.69 Å². The van der Waals surface area contributed by atoms with Gasteiger partial charge in [0.1, 0.15) is 17.7 Å². The molecule has 106 valence electrons. The smallest absolute Gasteiger partial charge is 0.435 e. The van der Waals surface area contributed by atoms with Crippen LogP contribution in [0.3, 0.4) is 0 Å². The first kappa shape index (κ1) is 14.2. The Bertz CT molecular complexity index is 547. The molecule has 1 atom stereocenters. The molecule has 1 aromatic rings. The molecule has 2 heterocycles. The summed E-state index contributed by atoms with van der Waals surface area (Å²) in [4.78, 5) is 25.5. The van der Waals surface area contributed by atoms with Crippen LogP contribution < -0.4 is 0 Å². The van der Waals surface area contributed by atoms with Crippen LogP contribution in [-0.4, -0.2) is 33.3 Å². The first-order valence-electron chi connectivity index (χ1n) is 6.28. The van der Waals surface area contributed by atoms with Gasteiger partial charge in [-0.25, -0.2) is 9.78 Å². The predicted molar refractivity (Wildman–Crippen MR) is 68.1 cm³/mol. The highest BCUT2D eigenvalue weighted by molar-refractivity contribution is 5.67. The monoisotopic (exact) mass is 276 g/mol. The van der Waals surface area contributed by atoms with Gasteiger partial charge < -0.3 is 4.74 Å². The van der Waals surface area contributed by atoms with Crippen LogP contribution >= 0.6 is 0 Å². The van der Waals surface area contributed by atoms with E-state index in [-0.39, 0.29) is 11.7 Å². The Morgan fingerprint density at radius 2 is 2.30 bits per heavy atom. The van der Waals surface area contributed by atoms with E-state index in [9.17, 15) is 4.79 Å². The molecule has 7 heteroatoms. The number of aromatic nitrogens is 2. The highest BCUT2D eigenvalue weighted by Gasteiger charge is 2.36. The topological polar surface area (TPSA) is 88.3 Å². The third-order valence-corrected chi connectivity index (χ3v) is 2.59. The van der Waals surface area contributed by atoms with Crippen LogP contribution in [0.5, 0.6) is 0 Å². The summed E-state index contributed by atoms with van der Waals surface area (Å²) in [5.74, 6) is 0. The quantitative estimate of drug-likeness (QED) is 0.779. The average molecular weight is 276 g/mol. The number of nitrogens with zero attached hydrogens (tertiary/aromatic N) is 4. The fourth-order valence-electron chi connectivity index (χ4n) is 1.82. The van der Waals surface area contributed by atoms with Crippen LogP contribution in [0.15, 0.2) is 12.4 Å². The minimum Gasteiger partial charge on any atom is -0.442 e. The van der Waals surface area contributed by atoms with Gasteiger partial charge >= 0.3 is 6.09 Å². The van der Waals surface area contributed by atoms with E-state index >= 15 is 0 Å². The lowest BCUT2D eigenvalue weighted by molar-refractivity contribution is -0.125. The minimum absolute atomic E-state index is 0.207. The van der Waals surface area contributed by atoms with Crippen molar-refractivity contribution in [3.05, 3.63) is 23.8 Å². The Morgan fingerprint density at radius 3 is 2.95 bits per heavy atom. The van der Waals surface area contributed by atoms with Crippen molar-refractivity contribution in [2.24, 2.45) is 0 Å². The maximum absolute atomic E-state index is 12.1. The van der Waals surface area contributed by atoms with Crippen LogP contribution in [0.2, 0.25) is 0 Å². The molecule has 1 amide bonds. The van der Waals surface area contributed by atoms with Crippen molar-refractivity contribution in [2.45, 2.75) is 38.8 Å². The van der Waals surface area contributed by atoms with E-state index in [0.29, 0.717) is 18.7 Å². The molecule has 0 saturated carbocycles. The van der Waals surface area contributed by atoms with Crippen molar-refractivity contribution in [3.8, 4) is 6.07 Å². The fraction of sp³-hybridized carbons (Fsp3) is 0.538. The molecular formula is C13H16N4O3. The standard InChI is InChI=1S/C13H16N4O3/c1-13(2,3)20-12(18)17-11(4-5-19-17)10-8-15-7-9(6-14)16-10/h7-8,11H,4-5H2,1-3H3/t11-/m1/s1. The van der Waals surface area contributed by atoms with Gasteiger partial charge in [0, 0.05) is 6.42 Å². The number of carbonyl (C=O) groups is 1. The molecule has 0 spiro atoms. The van der Waals surface area contributed by atoms with Crippen molar-refractivity contribution in [1.29, 1.82) is 5.26 Å². The van der Waals surface area contributed by atoms with Crippen molar-refractivity contribution < 1.29 is 14.4 Å². The number of nitriles is 1. The highest BCUT2D eigenvalue weighted by Crippen LogP contribution is 2.30. The average Bonchev–Trinajstić information content (AvgIpc) is 2.86. The van der Waals surface area contributed by atoms with E-state index in [4.69, 9.17) is 14.8 Å². The molecule has 1 aliphatic heterocycles. The van der Waals surface area contributed by atoms with Gasteiger partial charge in [-0.15, -0.1) is 0 Å². The maximum atomic E-state index is 12.1. The van der Waals surface area contributed by atoms with Crippen LogP contribution in [0.25, 0.3) is 0 Å². The van der Waals surface area contributed by atoms with E-state index < -0.39 is 11.7 Å². The summed E-state index contributed by atoms with van der Waals surface area (Å²) in [6.45, 7) is 5.74. The second-order valence-corrected chi connectivity index (χ2v) is 5.38. The van der Waals surface area contributed by atoms with Crippen molar-refractivity contribution >= 4 is 6.09 Å². The molecule has 20 heavy (non-hydrogen) atoms. The lowest BCUT2D eigenvalue weighted by Gasteiger charge is -2.26. The zero-order valence-corrected chi connectivity index (χ0v) is 11.7. The number of ether oxygens (including phenoxy) is 1. The van der Waals surface area contributed by atoms with E-state index in [1.54, 1.807) is 20.8 Å². The highest BCUT2D eigenvalue weighted by atomic mass is 16.7. The van der Waals surface area contributed by atoms with Crippen LogP contribution in [0.1, 0.15) is 44.6 Å². The first-order chi connectivity index (χ1) is 9.40. The van der Waals surface area contributed by atoms with E-state index in [0.717, 1.165) is 5.06 Å². The lowest BCUT2D eigenvalue weighted by Crippen LogP contribution is -2.36. The summed E-state index contributed by atoms with van der Waals surface area (Å²) in [5.41, 5.74) is 0.124. The lowest BCUT2D eigenvalue weighted by atomic mass is 10.1. The SMILES string of the molecule is CC(C)(C)OC(=O)N1OCC[C@@H]1c1cncc(C#N)n1. The fourth-order valence-corrected chi connectivity index (χ4v) is 1.82. The van der Waals surface area contributed by atoms with Gasteiger partial charge in [0.25, 0.3) is 0 Å². The summed E-state index contributed by atoms with van der Waals surface area (Å²) in [7, 11) is 0. The number of hydrogen-bond donors (Lipinski definition) is 0. The first-order valence-corrected chi connectivity index (χ1v) is 6.28. The number of hydrogen-bond acceptors (Lipinski definition) is 6. The van der Waals surface area contributed by atoms with Crippen molar-refractivity contribution in [3.63, 3.8) is 0 Å². The van der Waals surface area contributed by atoms with Gasteiger partial charge in [-0.1, -0.05) is 0 Å². The molecule has 2 rings (SSSR count). The number of carbonyl (C=O) groups excluding carboxylic acids is 1. The van der Waals surface area contributed by atoms with Crippen molar-refractivity contribution in [2.75, 3.05) is 6.61 Å². The van der Waals surface area contributed by atoms with Gasteiger partial charge in [0.2, 0.25) is 0 Å². The molecule has 1 aromatic heterocycles. The van der Waals surface area contributed by atoms with Crippen LogP contribution in [0, 0.1) is 11.3 Å². The minimum atomic E-state index is -0.603. The summed E-state index contributed by atoms with van der Waals surface area (Å²) in [6, 6.07) is 1.54. The maximum Gasteiger partial charge on any atom is 0.435 e. The molecule has 0 N–H and O–H groups in total. The molecule has 0 aliphatic carbocycles. The van der Waals surface area contributed by atoms with Gasteiger partial charge in [-0.3, -0.25) is 9.82 Å². The molecule has 0 aromatic carbocycles. The van der Waals surface area contributed by atoms with Crippen LogP contribution in [0.4, 0.5) is 4.79 Å². The molecular weight excluding hydrogens is 260 g/mol. The predicted octanol–water partition coefficient (Wildman–Crippen LogP) is 1.96. The Balaban J connectivity index is 2.19. The summed E-state index contributed by atoms with van der Waals surface area (Å²) in [6.07, 6.45) is 2.92. The number of amides is 1. The zero-order valence-electron chi connectivity index (χ0n) is 11.7. The third-order valence-electron chi connectivity index (χ3n) is 2.59. The Labute approximate surface area is 117 Å². The van der Waals surface area contributed by atoms with E-state index in [1.807, 2.05) is 6.07 Å². The van der Waals surface area contributed by atoms with Gasteiger partial charge in [-0.05, 0) is 20.8 Å². The Morgan fingerprint density at radius 1 is 1.55 bits per heavy atom. The molecule has 7 nitrogen and oxygen atoms in total. The number of rotatable bonds is 1. The second kappa shape index (κ2) is 5.43. The molecule has 0 unspecified atom stereocenters. The molecule has 0 bridgehead atoms. The Hall–Kier alpha value is -2.20. The second-order valence-electron chi connectivity index (χ2n) is 5.38. The summed E-state index contributed by atoms with van der Waals surface area (Å²) in [5, 5.41) is 10.0.